The standard InChI is InChI=1S/C13H17NO5S/c1-9-3-4-12(10(2)7-9)20(17,18)14-5-6-19-11(8-14)13(15)16/h3-4,7,11H,5-6,8H2,1-2H3,(H,15,16). The first kappa shape index (κ1) is 15.0. The van der Waals surface area contributed by atoms with E-state index in [0.29, 0.717) is 5.56 Å². The summed E-state index contributed by atoms with van der Waals surface area (Å²) in [7, 11) is -3.69. The molecule has 0 radical (unpaired) electrons. The molecule has 0 bridgehead atoms. The molecule has 20 heavy (non-hydrogen) atoms. The summed E-state index contributed by atoms with van der Waals surface area (Å²) in [5.41, 5.74) is 1.63. The second-order valence-electron chi connectivity index (χ2n) is 4.83. The van der Waals surface area contributed by atoms with Crippen molar-refractivity contribution < 1.29 is 23.1 Å². The number of ether oxygens (including phenoxy) is 1. The van der Waals surface area contributed by atoms with Crippen LogP contribution < -0.4 is 0 Å². The normalized spacial score (nSPS) is 20.8. The van der Waals surface area contributed by atoms with Crippen molar-refractivity contribution in [3.8, 4) is 0 Å². The molecule has 0 aromatic heterocycles. The maximum atomic E-state index is 12.6. The molecule has 6 nitrogen and oxygen atoms in total. The highest BCUT2D eigenvalue weighted by Crippen LogP contribution is 2.22. The lowest BCUT2D eigenvalue weighted by Crippen LogP contribution is -2.48. The van der Waals surface area contributed by atoms with Gasteiger partial charge in [-0.1, -0.05) is 17.7 Å². The van der Waals surface area contributed by atoms with Gasteiger partial charge in [0.25, 0.3) is 0 Å². The highest BCUT2D eigenvalue weighted by atomic mass is 32.2. The van der Waals surface area contributed by atoms with E-state index in [1.807, 2.05) is 6.92 Å². The van der Waals surface area contributed by atoms with Crippen LogP contribution in [0, 0.1) is 13.8 Å². The maximum absolute atomic E-state index is 12.6. The molecule has 1 N–H and O–H groups in total. The van der Waals surface area contributed by atoms with Crippen molar-refractivity contribution in [1.82, 2.24) is 4.31 Å². The Morgan fingerprint density at radius 3 is 2.70 bits per heavy atom. The van der Waals surface area contributed by atoms with E-state index in [2.05, 4.69) is 0 Å². The number of carboxylic acid groups (broad SMARTS) is 1. The minimum absolute atomic E-state index is 0.0844. The van der Waals surface area contributed by atoms with E-state index in [0.717, 1.165) is 5.56 Å². The number of hydrogen-bond donors (Lipinski definition) is 1. The lowest BCUT2D eigenvalue weighted by atomic mass is 10.2. The Balaban J connectivity index is 2.32. The number of aliphatic carboxylic acids is 1. The molecule has 2 rings (SSSR count). The van der Waals surface area contributed by atoms with Gasteiger partial charge in [-0.15, -0.1) is 0 Å². The summed E-state index contributed by atoms with van der Waals surface area (Å²) in [5.74, 6) is -1.15. The smallest absolute Gasteiger partial charge is 0.334 e. The number of benzene rings is 1. The van der Waals surface area contributed by atoms with Crippen molar-refractivity contribution in [2.24, 2.45) is 0 Å². The van der Waals surface area contributed by atoms with E-state index < -0.39 is 22.1 Å². The van der Waals surface area contributed by atoms with E-state index in [1.165, 1.54) is 4.31 Å². The molecule has 1 aromatic rings. The minimum Gasteiger partial charge on any atom is -0.479 e. The van der Waals surface area contributed by atoms with Crippen LogP contribution in [-0.2, 0) is 19.6 Å². The summed E-state index contributed by atoms with van der Waals surface area (Å²) < 4.78 is 31.3. The maximum Gasteiger partial charge on any atom is 0.334 e. The molecule has 1 aromatic carbocycles. The van der Waals surface area contributed by atoms with Gasteiger partial charge in [-0.2, -0.15) is 4.31 Å². The van der Waals surface area contributed by atoms with E-state index >= 15 is 0 Å². The van der Waals surface area contributed by atoms with Gasteiger partial charge in [0.15, 0.2) is 6.10 Å². The predicted molar refractivity (Wildman–Crippen MR) is 72.1 cm³/mol. The number of aryl methyl sites for hydroxylation is 2. The SMILES string of the molecule is Cc1ccc(S(=O)(=O)N2CCOC(C(=O)O)C2)c(C)c1. The Bertz CT molecular complexity index is 626. The van der Waals surface area contributed by atoms with Gasteiger partial charge in [0.05, 0.1) is 18.0 Å². The van der Waals surface area contributed by atoms with Gasteiger partial charge >= 0.3 is 5.97 Å². The van der Waals surface area contributed by atoms with Crippen molar-refractivity contribution in [2.45, 2.75) is 24.8 Å². The largest absolute Gasteiger partial charge is 0.479 e. The van der Waals surface area contributed by atoms with Gasteiger partial charge in [-0.3, -0.25) is 0 Å². The number of hydrogen-bond acceptors (Lipinski definition) is 4. The molecule has 1 aliphatic heterocycles. The van der Waals surface area contributed by atoms with E-state index in [-0.39, 0.29) is 24.6 Å². The fourth-order valence-corrected chi connectivity index (χ4v) is 3.85. The molecule has 1 unspecified atom stereocenters. The summed E-state index contributed by atoms with van der Waals surface area (Å²) in [6.07, 6.45) is -1.11. The Labute approximate surface area is 118 Å². The van der Waals surface area contributed by atoms with Gasteiger partial charge in [0.2, 0.25) is 10.0 Å². The van der Waals surface area contributed by atoms with E-state index in [1.54, 1.807) is 25.1 Å². The fourth-order valence-electron chi connectivity index (χ4n) is 2.22. The zero-order chi connectivity index (χ0) is 14.9. The Kier molecular flexibility index (Phi) is 4.12. The molecular weight excluding hydrogens is 282 g/mol. The monoisotopic (exact) mass is 299 g/mol. The van der Waals surface area contributed by atoms with Crippen LogP contribution in [0.4, 0.5) is 0 Å². The first-order valence-corrected chi connectivity index (χ1v) is 7.68. The molecule has 110 valence electrons. The highest BCUT2D eigenvalue weighted by molar-refractivity contribution is 7.89. The summed E-state index contributed by atoms with van der Waals surface area (Å²) >= 11 is 0. The van der Waals surface area contributed by atoms with Crippen LogP contribution >= 0.6 is 0 Å². The van der Waals surface area contributed by atoms with Crippen molar-refractivity contribution in [2.75, 3.05) is 19.7 Å². The third-order valence-corrected chi connectivity index (χ3v) is 5.28. The zero-order valence-electron chi connectivity index (χ0n) is 11.4. The number of carbonyl (C=O) groups is 1. The van der Waals surface area contributed by atoms with Gasteiger partial charge < -0.3 is 9.84 Å². The van der Waals surface area contributed by atoms with Crippen LogP contribution in [-0.4, -0.2) is 49.6 Å². The minimum atomic E-state index is -3.69. The number of nitrogens with zero attached hydrogens (tertiary/aromatic N) is 1. The average Bonchev–Trinajstić information content (AvgIpc) is 2.38. The van der Waals surface area contributed by atoms with E-state index in [4.69, 9.17) is 9.84 Å². The van der Waals surface area contributed by atoms with Gasteiger partial charge in [-0.05, 0) is 25.5 Å². The van der Waals surface area contributed by atoms with Crippen LogP contribution in [0.5, 0.6) is 0 Å². The molecule has 0 spiro atoms. The molecule has 7 heteroatoms. The van der Waals surface area contributed by atoms with Crippen LogP contribution in [0.2, 0.25) is 0 Å². The molecule has 1 saturated heterocycles. The molecule has 0 amide bonds. The molecule has 1 aliphatic rings. The lowest BCUT2D eigenvalue weighted by molar-refractivity contribution is -0.153. The third-order valence-electron chi connectivity index (χ3n) is 3.25. The van der Waals surface area contributed by atoms with E-state index in [9.17, 15) is 13.2 Å². The van der Waals surface area contributed by atoms with Crippen LogP contribution in [0.25, 0.3) is 0 Å². The zero-order valence-corrected chi connectivity index (χ0v) is 12.2. The average molecular weight is 299 g/mol. The first-order chi connectivity index (χ1) is 9.32. The quantitative estimate of drug-likeness (QED) is 0.891. The second-order valence-corrected chi connectivity index (χ2v) is 6.74. The molecule has 1 heterocycles. The first-order valence-electron chi connectivity index (χ1n) is 6.24. The Morgan fingerprint density at radius 2 is 2.10 bits per heavy atom. The van der Waals surface area contributed by atoms with Crippen LogP contribution in [0.15, 0.2) is 23.1 Å². The number of carboxylic acids is 1. The second kappa shape index (κ2) is 5.51. The molecule has 1 atom stereocenters. The Hall–Kier alpha value is -1.44. The summed E-state index contributed by atoms with van der Waals surface area (Å²) in [5, 5.41) is 8.94. The van der Waals surface area contributed by atoms with Crippen LogP contribution in [0.1, 0.15) is 11.1 Å². The van der Waals surface area contributed by atoms with Crippen LogP contribution in [0.3, 0.4) is 0 Å². The lowest BCUT2D eigenvalue weighted by Gasteiger charge is -2.30. The predicted octanol–water partition coefficient (Wildman–Crippen LogP) is 0.778. The third kappa shape index (κ3) is 2.84. The highest BCUT2D eigenvalue weighted by Gasteiger charge is 2.34. The van der Waals surface area contributed by atoms with Crippen molar-refractivity contribution in [3.05, 3.63) is 29.3 Å². The molecule has 1 fully saturated rings. The van der Waals surface area contributed by atoms with Gasteiger partial charge in [-0.25, -0.2) is 13.2 Å². The van der Waals surface area contributed by atoms with Gasteiger partial charge in [0, 0.05) is 6.54 Å². The summed E-state index contributed by atoms with van der Waals surface area (Å²) in [6, 6.07) is 5.09. The van der Waals surface area contributed by atoms with Crippen molar-refractivity contribution in [3.63, 3.8) is 0 Å². The number of morpholine rings is 1. The molecule has 0 saturated carbocycles. The van der Waals surface area contributed by atoms with Crippen molar-refractivity contribution >= 4 is 16.0 Å². The number of rotatable bonds is 3. The van der Waals surface area contributed by atoms with Gasteiger partial charge in [0.1, 0.15) is 0 Å². The fraction of sp³-hybridized carbons (Fsp3) is 0.462. The number of sulfonamides is 1. The molecule has 0 aliphatic carbocycles. The summed E-state index contributed by atoms with van der Waals surface area (Å²) in [6.45, 7) is 3.71. The topological polar surface area (TPSA) is 83.9 Å². The molecular formula is C13H17NO5S. The Morgan fingerprint density at radius 1 is 1.40 bits per heavy atom. The van der Waals surface area contributed by atoms with Crippen molar-refractivity contribution in [1.29, 1.82) is 0 Å². The summed E-state index contributed by atoms with van der Waals surface area (Å²) in [4.78, 5) is 11.1.